The molecule has 2 nitrogen and oxygen atoms in total. The van der Waals surface area contributed by atoms with Crippen molar-refractivity contribution in [2.45, 2.75) is 45.0 Å². The Bertz CT molecular complexity index is 391. The van der Waals surface area contributed by atoms with Crippen molar-refractivity contribution < 1.29 is 4.43 Å². The molecule has 0 saturated carbocycles. The van der Waals surface area contributed by atoms with Gasteiger partial charge in [0.15, 0.2) is 13.9 Å². The Hall–Kier alpha value is -1.11. The molecule has 1 aromatic carbocycles. The van der Waals surface area contributed by atoms with Gasteiger partial charge in [-0.15, -0.1) is 0 Å². The highest BCUT2D eigenvalue weighted by Crippen LogP contribution is 2.33. The van der Waals surface area contributed by atoms with Crippen LogP contribution in [0.3, 0.4) is 0 Å². The van der Waals surface area contributed by atoms with E-state index in [1.807, 2.05) is 30.3 Å². The second-order valence-electron chi connectivity index (χ2n) is 5.27. The van der Waals surface area contributed by atoms with E-state index in [1.165, 1.54) is 0 Å². The van der Waals surface area contributed by atoms with Crippen LogP contribution in [0.5, 0.6) is 0 Å². The first kappa shape index (κ1) is 13.9. The van der Waals surface area contributed by atoms with Crippen LogP contribution in [-0.2, 0) is 10.0 Å². The van der Waals surface area contributed by atoms with Crippen LogP contribution < -0.4 is 0 Å². The van der Waals surface area contributed by atoms with Crippen molar-refractivity contribution >= 4 is 8.32 Å². The van der Waals surface area contributed by atoms with Gasteiger partial charge in [0.2, 0.25) is 0 Å². The Labute approximate surface area is 105 Å². The van der Waals surface area contributed by atoms with Gasteiger partial charge in [0.25, 0.3) is 0 Å². The minimum Gasteiger partial charge on any atom is -0.396 e. The number of nitriles is 1. The molecule has 3 heteroatoms. The summed E-state index contributed by atoms with van der Waals surface area (Å²) in [6.45, 7) is 8.45. The molecule has 0 heterocycles. The zero-order valence-electron chi connectivity index (χ0n) is 11.2. The molecule has 0 saturated heterocycles. The third-order valence-electron chi connectivity index (χ3n) is 2.50. The maximum absolute atomic E-state index is 9.57. The van der Waals surface area contributed by atoms with Crippen molar-refractivity contribution in [2.24, 2.45) is 0 Å². The maximum atomic E-state index is 9.57. The van der Waals surface area contributed by atoms with Crippen LogP contribution in [0.15, 0.2) is 30.3 Å². The molecule has 0 radical (unpaired) electrons. The highest BCUT2D eigenvalue weighted by Gasteiger charge is 2.37. The first-order valence-electron chi connectivity index (χ1n) is 6.10. The van der Waals surface area contributed by atoms with E-state index < -0.39 is 13.9 Å². The van der Waals surface area contributed by atoms with Crippen molar-refractivity contribution in [3.05, 3.63) is 35.9 Å². The Morgan fingerprint density at radius 3 is 2.24 bits per heavy atom. The monoisotopic (exact) mass is 247 g/mol. The molecule has 1 rings (SSSR count). The second-order valence-corrected chi connectivity index (χ2v) is 9.70. The van der Waals surface area contributed by atoms with E-state index in [9.17, 15) is 5.26 Å². The minimum atomic E-state index is -1.76. The number of benzene rings is 1. The zero-order chi connectivity index (χ0) is 12.9. The highest BCUT2D eigenvalue weighted by atomic mass is 28.4. The zero-order valence-corrected chi connectivity index (χ0v) is 12.2. The molecule has 0 aliphatic heterocycles. The lowest BCUT2D eigenvalue weighted by Gasteiger charge is -2.34. The van der Waals surface area contributed by atoms with Crippen molar-refractivity contribution in [1.82, 2.24) is 0 Å². The van der Waals surface area contributed by atoms with Crippen molar-refractivity contribution in [3.63, 3.8) is 0 Å². The average Bonchev–Trinajstić information content (AvgIpc) is 2.28. The third kappa shape index (κ3) is 3.69. The summed E-state index contributed by atoms with van der Waals surface area (Å²) >= 11 is 0. The van der Waals surface area contributed by atoms with E-state index in [4.69, 9.17) is 4.43 Å². The molecule has 0 unspecified atom stereocenters. The smallest absolute Gasteiger partial charge is 0.186 e. The average molecular weight is 247 g/mol. The topological polar surface area (TPSA) is 33.0 Å². The van der Waals surface area contributed by atoms with E-state index in [0.717, 1.165) is 18.4 Å². The molecule has 1 atom stereocenters. The predicted molar refractivity (Wildman–Crippen MR) is 73.1 cm³/mol. The van der Waals surface area contributed by atoms with E-state index >= 15 is 0 Å². The van der Waals surface area contributed by atoms with E-state index in [-0.39, 0.29) is 0 Å². The summed E-state index contributed by atoms with van der Waals surface area (Å²) in [5.74, 6) is 0. The molecule has 0 aliphatic rings. The van der Waals surface area contributed by atoms with Crippen molar-refractivity contribution in [1.29, 1.82) is 5.26 Å². The van der Waals surface area contributed by atoms with Crippen LogP contribution in [0.4, 0.5) is 0 Å². The molecule has 0 spiro atoms. The van der Waals surface area contributed by atoms with Crippen molar-refractivity contribution in [3.8, 4) is 6.07 Å². The van der Waals surface area contributed by atoms with Crippen LogP contribution in [0.1, 0.15) is 25.3 Å². The Morgan fingerprint density at radius 1 is 1.24 bits per heavy atom. The quantitative estimate of drug-likeness (QED) is 0.735. The van der Waals surface area contributed by atoms with Crippen LogP contribution >= 0.6 is 0 Å². The number of nitrogens with zero attached hydrogens (tertiary/aromatic N) is 1. The fraction of sp³-hybridized carbons (Fsp3) is 0.500. The summed E-state index contributed by atoms with van der Waals surface area (Å²) in [6.07, 6.45) is 1.69. The fourth-order valence-electron chi connectivity index (χ4n) is 1.98. The molecular weight excluding hydrogens is 226 g/mol. The molecular formula is C14H21NOSi. The first-order chi connectivity index (χ1) is 7.93. The predicted octanol–water partition coefficient (Wildman–Crippen LogP) is 4.06. The molecule has 0 aliphatic carbocycles. The minimum absolute atomic E-state index is 0.748. The van der Waals surface area contributed by atoms with Gasteiger partial charge in [-0.3, -0.25) is 0 Å². The van der Waals surface area contributed by atoms with Gasteiger partial charge in [-0.2, -0.15) is 5.26 Å². The van der Waals surface area contributed by atoms with Crippen LogP contribution in [0, 0.1) is 11.3 Å². The SMILES string of the molecule is CCC[C@](C#N)(O[Si](C)(C)C)c1ccccc1. The van der Waals surface area contributed by atoms with Gasteiger partial charge >= 0.3 is 0 Å². The van der Waals surface area contributed by atoms with Crippen LogP contribution in [0.2, 0.25) is 19.6 Å². The van der Waals surface area contributed by atoms with Gasteiger partial charge in [0.05, 0.1) is 0 Å². The summed E-state index contributed by atoms with van der Waals surface area (Å²) in [6, 6.07) is 12.3. The highest BCUT2D eigenvalue weighted by molar-refractivity contribution is 6.69. The lowest BCUT2D eigenvalue weighted by Crippen LogP contribution is -2.39. The van der Waals surface area contributed by atoms with Crippen molar-refractivity contribution in [2.75, 3.05) is 0 Å². The van der Waals surface area contributed by atoms with E-state index in [2.05, 4.69) is 32.6 Å². The Kier molecular flexibility index (Phi) is 4.50. The lowest BCUT2D eigenvalue weighted by atomic mass is 9.91. The molecule has 0 amide bonds. The Balaban J connectivity index is 3.15. The third-order valence-corrected chi connectivity index (χ3v) is 3.46. The summed E-state index contributed by atoms with van der Waals surface area (Å²) in [5.41, 5.74) is 0.215. The van der Waals surface area contributed by atoms with Gasteiger partial charge in [-0.1, -0.05) is 43.7 Å². The van der Waals surface area contributed by atoms with Gasteiger partial charge < -0.3 is 4.43 Å². The molecule has 0 N–H and O–H groups in total. The molecule has 17 heavy (non-hydrogen) atoms. The molecule has 0 aromatic heterocycles. The largest absolute Gasteiger partial charge is 0.396 e. The summed E-state index contributed by atoms with van der Waals surface area (Å²) in [7, 11) is -1.76. The summed E-state index contributed by atoms with van der Waals surface area (Å²) in [5, 5.41) is 9.57. The standard InChI is InChI=1S/C14H21NOSi/c1-5-11-14(12-15,16-17(2,3)4)13-9-7-6-8-10-13/h6-10H,5,11H2,1-4H3/t14-/m1/s1. The van der Waals surface area contributed by atoms with Gasteiger partial charge in [0, 0.05) is 0 Å². The second kappa shape index (κ2) is 5.48. The fourth-order valence-corrected chi connectivity index (χ4v) is 3.29. The van der Waals surface area contributed by atoms with Gasteiger partial charge in [-0.05, 0) is 31.6 Å². The number of hydrogen-bond donors (Lipinski definition) is 0. The molecule has 92 valence electrons. The van der Waals surface area contributed by atoms with E-state index in [1.54, 1.807) is 0 Å². The van der Waals surface area contributed by atoms with Gasteiger partial charge in [-0.25, -0.2) is 0 Å². The molecule has 0 bridgehead atoms. The van der Waals surface area contributed by atoms with E-state index in [0.29, 0.717) is 0 Å². The summed E-state index contributed by atoms with van der Waals surface area (Å²) in [4.78, 5) is 0. The first-order valence-corrected chi connectivity index (χ1v) is 9.51. The lowest BCUT2D eigenvalue weighted by molar-refractivity contribution is 0.108. The van der Waals surface area contributed by atoms with Crippen LogP contribution in [-0.4, -0.2) is 8.32 Å². The summed E-state index contributed by atoms with van der Waals surface area (Å²) < 4.78 is 6.18. The van der Waals surface area contributed by atoms with Gasteiger partial charge in [0.1, 0.15) is 6.07 Å². The number of hydrogen-bond acceptors (Lipinski definition) is 2. The molecule has 0 fully saturated rings. The maximum Gasteiger partial charge on any atom is 0.186 e. The molecule has 1 aromatic rings. The Morgan fingerprint density at radius 2 is 1.82 bits per heavy atom. The number of rotatable bonds is 5. The normalized spacial score (nSPS) is 15.0. The van der Waals surface area contributed by atoms with Crippen LogP contribution in [0.25, 0.3) is 0 Å².